The van der Waals surface area contributed by atoms with Crippen LogP contribution in [0.1, 0.15) is 330 Å². The molecular formula is C59H114O6. The number of unbranched alkanes of at least 4 members (excludes halogenated alkanes) is 38. The van der Waals surface area contributed by atoms with Gasteiger partial charge in [-0.15, -0.1) is 0 Å². The smallest absolute Gasteiger partial charge is 0.306 e. The molecule has 0 aromatic heterocycles. The van der Waals surface area contributed by atoms with Crippen molar-refractivity contribution in [3.05, 3.63) is 0 Å². The SMILES string of the molecule is CCCCCCCCCCCCCC(=O)OC[C@@H](COC(=O)CCCCCCCCCCCCCCCCCC(C)C)OC(=O)CCCCCCCCCCCCCCCCCC(C)C. The van der Waals surface area contributed by atoms with E-state index in [1.165, 1.54) is 218 Å². The average Bonchev–Trinajstić information content (AvgIpc) is 3.28. The number of carbonyl (C=O) groups excluding carboxylic acids is 3. The number of esters is 3. The Morgan fingerprint density at radius 2 is 0.508 bits per heavy atom. The summed E-state index contributed by atoms with van der Waals surface area (Å²) < 4.78 is 16.9. The van der Waals surface area contributed by atoms with Crippen LogP contribution in [0.15, 0.2) is 0 Å². The number of hydrogen-bond acceptors (Lipinski definition) is 6. The highest BCUT2D eigenvalue weighted by Crippen LogP contribution is 2.18. The summed E-state index contributed by atoms with van der Waals surface area (Å²) in [7, 11) is 0. The van der Waals surface area contributed by atoms with Crippen LogP contribution in [-0.2, 0) is 28.6 Å². The summed E-state index contributed by atoms with van der Waals surface area (Å²) in [6, 6.07) is 0. The van der Waals surface area contributed by atoms with Gasteiger partial charge in [-0.05, 0) is 31.1 Å². The van der Waals surface area contributed by atoms with E-state index >= 15 is 0 Å². The predicted octanol–water partition coefficient (Wildman–Crippen LogP) is 19.3. The molecule has 0 aromatic rings. The predicted molar refractivity (Wildman–Crippen MR) is 280 cm³/mol. The van der Waals surface area contributed by atoms with Crippen molar-refractivity contribution in [1.29, 1.82) is 0 Å². The Labute approximate surface area is 406 Å². The van der Waals surface area contributed by atoms with Crippen LogP contribution in [0.5, 0.6) is 0 Å². The number of ether oxygens (including phenoxy) is 3. The molecule has 1 atom stereocenters. The van der Waals surface area contributed by atoms with Gasteiger partial charge in [0.15, 0.2) is 6.10 Å². The molecule has 0 N–H and O–H groups in total. The molecule has 0 aliphatic rings. The first-order valence-electron chi connectivity index (χ1n) is 29.2. The Kier molecular flexibility index (Phi) is 50.5. The lowest BCUT2D eigenvalue weighted by Crippen LogP contribution is -2.30. The first kappa shape index (κ1) is 63.4. The zero-order valence-electron chi connectivity index (χ0n) is 44.6. The second-order valence-electron chi connectivity index (χ2n) is 21.2. The van der Waals surface area contributed by atoms with Crippen LogP contribution >= 0.6 is 0 Å². The lowest BCUT2D eigenvalue weighted by atomic mass is 10.0. The first-order chi connectivity index (χ1) is 31.7. The van der Waals surface area contributed by atoms with E-state index in [4.69, 9.17) is 14.2 Å². The molecule has 65 heavy (non-hydrogen) atoms. The summed E-state index contributed by atoms with van der Waals surface area (Å²) in [6.07, 6.45) is 55.2. The van der Waals surface area contributed by atoms with Gasteiger partial charge >= 0.3 is 17.9 Å². The van der Waals surface area contributed by atoms with Gasteiger partial charge < -0.3 is 14.2 Å². The largest absolute Gasteiger partial charge is 0.462 e. The Balaban J connectivity index is 4.25. The van der Waals surface area contributed by atoms with E-state index in [0.717, 1.165) is 69.6 Å². The highest BCUT2D eigenvalue weighted by atomic mass is 16.6. The van der Waals surface area contributed by atoms with Gasteiger partial charge in [0, 0.05) is 19.3 Å². The standard InChI is InChI=1S/C59H114O6/c1-6-7-8-9-10-11-22-29-34-39-44-49-57(60)63-52-56(65-59(62)51-46-41-36-31-26-21-17-13-15-19-24-28-33-38-43-48-55(4)5)53-64-58(61)50-45-40-35-30-25-20-16-12-14-18-23-27-32-37-42-47-54(2)3/h54-56H,6-53H2,1-5H3/t56-/m0/s1. The van der Waals surface area contributed by atoms with Crippen LogP contribution in [0.4, 0.5) is 0 Å². The van der Waals surface area contributed by atoms with Gasteiger partial charge in [0.1, 0.15) is 13.2 Å². The van der Waals surface area contributed by atoms with Crippen molar-refractivity contribution in [2.24, 2.45) is 11.8 Å². The lowest BCUT2D eigenvalue weighted by Gasteiger charge is -2.18. The van der Waals surface area contributed by atoms with Crippen molar-refractivity contribution >= 4 is 17.9 Å². The summed E-state index contributed by atoms with van der Waals surface area (Å²) in [5, 5.41) is 0. The number of carbonyl (C=O) groups is 3. The van der Waals surface area contributed by atoms with Crippen molar-refractivity contribution in [3.63, 3.8) is 0 Å². The Hall–Kier alpha value is -1.59. The summed E-state index contributed by atoms with van der Waals surface area (Å²) in [6.45, 7) is 11.4. The summed E-state index contributed by atoms with van der Waals surface area (Å²) >= 11 is 0. The van der Waals surface area contributed by atoms with E-state index in [9.17, 15) is 14.4 Å². The first-order valence-corrected chi connectivity index (χ1v) is 29.2. The monoisotopic (exact) mass is 919 g/mol. The van der Waals surface area contributed by atoms with E-state index in [2.05, 4.69) is 34.6 Å². The van der Waals surface area contributed by atoms with Crippen molar-refractivity contribution in [3.8, 4) is 0 Å². The van der Waals surface area contributed by atoms with E-state index in [1.807, 2.05) is 0 Å². The molecule has 0 rings (SSSR count). The Morgan fingerprint density at radius 3 is 0.754 bits per heavy atom. The van der Waals surface area contributed by atoms with Crippen molar-refractivity contribution in [1.82, 2.24) is 0 Å². The molecule has 0 radical (unpaired) electrons. The van der Waals surface area contributed by atoms with Crippen LogP contribution in [0.2, 0.25) is 0 Å². The van der Waals surface area contributed by atoms with Crippen LogP contribution < -0.4 is 0 Å². The van der Waals surface area contributed by atoms with Crippen LogP contribution in [0.3, 0.4) is 0 Å². The lowest BCUT2D eigenvalue weighted by molar-refractivity contribution is -0.167. The van der Waals surface area contributed by atoms with E-state index < -0.39 is 6.10 Å². The molecular weight excluding hydrogens is 805 g/mol. The molecule has 6 heteroatoms. The van der Waals surface area contributed by atoms with Crippen LogP contribution in [-0.4, -0.2) is 37.2 Å². The normalized spacial score (nSPS) is 12.0. The van der Waals surface area contributed by atoms with E-state index in [1.54, 1.807) is 0 Å². The average molecular weight is 920 g/mol. The van der Waals surface area contributed by atoms with E-state index in [0.29, 0.717) is 19.3 Å². The van der Waals surface area contributed by atoms with Gasteiger partial charge in [0.05, 0.1) is 0 Å². The van der Waals surface area contributed by atoms with Gasteiger partial charge in [0.2, 0.25) is 0 Å². The summed E-state index contributed by atoms with van der Waals surface area (Å²) in [4.78, 5) is 38.1. The second kappa shape index (κ2) is 51.8. The molecule has 0 bridgehead atoms. The Morgan fingerprint density at radius 1 is 0.292 bits per heavy atom. The van der Waals surface area contributed by atoms with Gasteiger partial charge in [-0.25, -0.2) is 0 Å². The highest BCUT2D eigenvalue weighted by Gasteiger charge is 2.19. The van der Waals surface area contributed by atoms with Crippen molar-refractivity contribution in [2.75, 3.05) is 13.2 Å². The van der Waals surface area contributed by atoms with E-state index in [-0.39, 0.29) is 31.1 Å². The third-order valence-corrected chi connectivity index (χ3v) is 13.5. The Bertz CT molecular complexity index is 993. The van der Waals surface area contributed by atoms with Gasteiger partial charge in [-0.1, -0.05) is 291 Å². The highest BCUT2D eigenvalue weighted by molar-refractivity contribution is 5.71. The molecule has 0 saturated heterocycles. The number of hydrogen-bond donors (Lipinski definition) is 0. The molecule has 0 aromatic carbocycles. The maximum Gasteiger partial charge on any atom is 0.306 e. The minimum atomic E-state index is -0.762. The van der Waals surface area contributed by atoms with Gasteiger partial charge in [-0.2, -0.15) is 0 Å². The molecule has 0 spiro atoms. The fourth-order valence-corrected chi connectivity index (χ4v) is 9.05. The maximum absolute atomic E-state index is 12.8. The topological polar surface area (TPSA) is 78.9 Å². The molecule has 0 amide bonds. The third-order valence-electron chi connectivity index (χ3n) is 13.5. The second-order valence-corrected chi connectivity index (χ2v) is 21.2. The third kappa shape index (κ3) is 53.2. The molecule has 0 heterocycles. The molecule has 6 nitrogen and oxygen atoms in total. The van der Waals surface area contributed by atoms with Gasteiger partial charge in [0.25, 0.3) is 0 Å². The quantitative estimate of drug-likeness (QED) is 0.0344. The molecule has 0 aliphatic heterocycles. The zero-order valence-corrected chi connectivity index (χ0v) is 44.6. The molecule has 0 saturated carbocycles. The summed E-state index contributed by atoms with van der Waals surface area (Å²) in [5.74, 6) is 0.858. The van der Waals surface area contributed by atoms with Crippen molar-refractivity contribution in [2.45, 2.75) is 336 Å². The van der Waals surface area contributed by atoms with Crippen LogP contribution in [0, 0.1) is 11.8 Å². The maximum atomic E-state index is 12.8. The minimum absolute atomic E-state index is 0.0625. The minimum Gasteiger partial charge on any atom is -0.462 e. The van der Waals surface area contributed by atoms with Crippen LogP contribution in [0.25, 0.3) is 0 Å². The van der Waals surface area contributed by atoms with Gasteiger partial charge in [-0.3, -0.25) is 14.4 Å². The molecule has 0 fully saturated rings. The summed E-state index contributed by atoms with van der Waals surface area (Å²) in [5.41, 5.74) is 0. The number of rotatable bonds is 53. The molecule has 0 aliphatic carbocycles. The molecule has 0 unspecified atom stereocenters. The fourth-order valence-electron chi connectivity index (χ4n) is 9.05. The zero-order chi connectivity index (χ0) is 47.5. The molecule has 386 valence electrons. The van der Waals surface area contributed by atoms with Crippen molar-refractivity contribution < 1.29 is 28.6 Å². The fraction of sp³-hybridized carbons (Fsp3) is 0.949.